The van der Waals surface area contributed by atoms with Crippen LogP contribution in [0.25, 0.3) is 21.8 Å². The van der Waals surface area contributed by atoms with Crippen molar-refractivity contribution < 1.29 is 5.11 Å². The van der Waals surface area contributed by atoms with E-state index in [4.69, 9.17) is 23.2 Å². The number of nitrogens with zero attached hydrogens (tertiary/aromatic N) is 1. The quantitative estimate of drug-likeness (QED) is 0.440. The van der Waals surface area contributed by atoms with Gasteiger partial charge in [-0.1, -0.05) is 47.5 Å². The van der Waals surface area contributed by atoms with Crippen LogP contribution in [-0.4, -0.2) is 22.3 Å². The maximum absolute atomic E-state index is 10.7. The van der Waals surface area contributed by atoms with Crippen LogP contribution >= 0.6 is 23.2 Å². The first-order chi connectivity index (χ1) is 13.0. The van der Waals surface area contributed by atoms with E-state index in [0.29, 0.717) is 23.1 Å². The van der Waals surface area contributed by atoms with Gasteiger partial charge < -0.3 is 15.0 Å². The number of anilines is 1. The lowest BCUT2D eigenvalue weighted by atomic mass is 10.1. The van der Waals surface area contributed by atoms with Gasteiger partial charge in [0, 0.05) is 33.0 Å². The Kier molecular flexibility index (Phi) is 5.00. The molecule has 1 heterocycles. The summed E-state index contributed by atoms with van der Waals surface area (Å²) in [6.07, 6.45) is -0.567. The molecule has 0 aliphatic heterocycles. The maximum atomic E-state index is 10.7. The van der Waals surface area contributed by atoms with E-state index in [1.807, 2.05) is 61.5 Å². The van der Waals surface area contributed by atoms with Gasteiger partial charge >= 0.3 is 0 Å². The highest BCUT2D eigenvalue weighted by atomic mass is 35.5. The van der Waals surface area contributed by atoms with E-state index in [0.717, 1.165) is 27.5 Å². The molecule has 3 aromatic carbocycles. The Morgan fingerprint density at radius 3 is 2.15 bits per heavy atom. The second kappa shape index (κ2) is 7.43. The highest BCUT2D eigenvalue weighted by Gasteiger charge is 2.14. The highest BCUT2D eigenvalue weighted by Crippen LogP contribution is 2.32. The van der Waals surface area contributed by atoms with Crippen LogP contribution < -0.4 is 5.32 Å². The van der Waals surface area contributed by atoms with Crippen molar-refractivity contribution in [3.63, 3.8) is 0 Å². The van der Waals surface area contributed by atoms with Gasteiger partial charge in [0.2, 0.25) is 0 Å². The van der Waals surface area contributed by atoms with Gasteiger partial charge in [0.1, 0.15) is 0 Å². The molecular weight excluding hydrogens is 379 g/mol. The summed E-state index contributed by atoms with van der Waals surface area (Å²) < 4.78 is 2.09. The Morgan fingerprint density at radius 2 is 1.56 bits per heavy atom. The molecule has 0 radical (unpaired) electrons. The summed E-state index contributed by atoms with van der Waals surface area (Å²) in [5.74, 6) is 0. The largest absolute Gasteiger partial charge is 0.389 e. The lowest BCUT2D eigenvalue weighted by Gasteiger charge is -2.16. The Labute approximate surface area is 168 Å². The van der Waals surface area contributed by atoms with Crippen molar-refractivity contribution in [2.45, 2.75) is 19.6 Å². The number of hydrogen-bond acceptors (Lipinski definition) is 2. The summed E-state index contributed by atoms with van der Waals surface area (Å²) >= 11 is 12.5. The van der Waals surface area contributed by atoms with Crippen molar-refractivity contribution in [1.82, 2.24) is 4.57 Å². The average molecular weight is 399 g/mol. The van der Waals surface area contributed by atoms with Crippen molar-refractivity contribution >= 4 is 50.7 Å². The first-order valence-corrected chi connectivity index (χ1v) is 9.62. The number of hydrogen-bond donors (Lipinski definition) is 2. The zero-order valence-corrected chi connectivity index (χ0v) is 16.4. The number of aryl methyl sites for hydroxylation is 1. The van der Waals surface area contributed by atoms with E-state index in [9.17, 15) is 5.11 Å². The van der Waals surface area contributed by atoms with E-state index in [1.54, 1.807) is 0 Å². The van der Waals surface area contributed by atoms with Crippen LogP contribution in [0.3, 0.4) is 0 Å². The van der Waals surface area contributed by atoms with E-state index >= 15 is 0 Å². The number of aliphatic hydroxyl groups is 1. The van der Waals surface area contributed by atoms with E-state index < -0.39 is 6.10 Å². The molecule has 0 aliphatic rings. The third kappa shape index (κ3) is 3.77. The van der Waals surface area contributed by atoms with E-state index in [2.05, 4.69) is 16.0 Å². The molecule has 0 saturated carbocycles. The van der Waals surface area contributed by atoms with Gasteiger partial charge in [-0.2, -0.15) is 0 Å². The van der Waals surface area contributed by atoms with Gasteiger partial charge in [0.25, 0.3) is 0 Å². The number of halogens is 2. The third-order valence-electron chi connectivity index (χ3n) is 4.74. The molecule has 2 N–H and O–H groups in total. The molecule has 4 rings (SSSR count). The minimum atomic E-state index is -0.567. The summed E-state index contributed by atoms with van der Waals surface area (Å²) in [6.45, 7) is 2.94. The molecule has 138 valence electrons. The molecule has 5 heteroatoms. The van der Waals surface area contributed by atoms with Crippen molar-refractivity contribution in [3.8, 4) is 0 Å². The molecule has 1 aromatic heterocycles. The predicted molar refractivity (Wildman–Crippen MR) is 115 cm³/mol. The number of aromatic nitrogens is 1. The van der Waals surface area contributed by atoms with Gasteiger partial charge in [-0.05, 0) is 48.9 Å². The van der Waals surface area contributed by atoms with Crippen molar-refractivity contribution in [2.75, 3.05) is 11.9 Å². The number of benzene rings is 3. The topological polar surface area (TPSA) is 37.2 Å². The zero-order chi connectivity index (χ0) is 19.0. The Bertz CT molecular complexity index is 1060. The summed E-state index contributed by atoms with van der Waals surface area (Å²) in [4.78, 5) is 0. The number of fused-ring (bicyclic) bond motifs is 3. The Morgan fingerprint density at radius 1 is 0.926 bits per heavy atom. The second-order valence-electron chi connectivity index (χ2n) is 6.84. The van der Waals surface area contributed by atoms with Crippen LogP contribution in [0, 0.1) is 6.92 Å². The van der Waals surface area contributed by atoms with E-state index in [1.165, 1.54) is 5.56 Å². The van der Waals surface area contributed by atoms with Crippen molar-refractivity contribution in [3.05, 3.63) is 76.3 Å². The zero-order valence-electron chi connectivity index (χ0n) is 14.9. The fourth-order valence-electron chi connectivity index (χ4n) is 3.50. The summed E-state index contributed by atoms with van der Waals surface area (Å²) in [5.41, 5.74) is 4.17. The monoisotopic (exact) mass is 398 g/mol. The minimum absolute atomic E-state index is 0.444. The molecule has 1 unspecified atom stereocenters. The number of rotatable bonds is 5. The molecular formula is C22H20Cl2N2O. The standard InChI is InChI=1S/C22H20Cl2N2O/c1-14-3-2-4-17(9-14)25-12-18(27)13-26-21-10-15(23)5-7-19(21)20-8-6-16(24)11-22(20)26/h2-11,18,25,27H,12-13H2,1H3. The van der Waals surface area contributed by atoms with E-state index in [-0.39, 0.29) is 0 Å². The third-order valence-corrected chi connectivity index (χ3v) is 5.21. The molecule has 0 saturated heterocycles. The fraction of sp³-hybridized carbons (Fsp3) is 0.182. The minimum Gasteiger partial charge on any atom is -0.389 e. The average Bonchev–Trinajstić information content (AvgIpc) is 2.92. The molecule has 0 spiro atoms. The molecule has 0 aliphatic carbocycles. The summed E-state index contributed by atoms with van der Waals surface area (Å²) in [5, 5.41) is 17.5. The normalized spacial score (nSPS) is 12.6. The first kappa shape index (κ1) is 18.2. The van der Waals surface area contributed by atoms with Crippen molar-refractivity contribution in [1.29, 1.82) is 0 Å². The summed E-state index contributed by atoms with van der Waals surface area (Å²) in [6, 6.07) is 19.8. The maximum Gasteiger partial charge on any atom is 0.0891 e. The van der Waals surface area contributed by atoms with Crippen LogP contribution in [0.2, 0.25) is 10.0 Å². The molecule has 27 heavy (non-hydrogen) atoms. The highest BCUT2D eigenvalue weighted by molar-refractivity contribution is 6.32. The molecule has 0 fully saturated rings. The van der Waals surface area contributed by atoms with Crippen LogP contribution in [0.4, 0.5) is 5.69 Å². The van der Waals surface area contributed by atoms with Crippen LogP contribution in [0.1, 0.15) is 5.56 Å². The van der Waals surface area contributed by atoms with Crippen molar-refractivity contribution in [2.24, 2.45) is 0 Å². The lowest BCUT2D eigenvalue weighted by Crippen LogP contribution is -2.24. The van der Waals surface area contributed by atoms with Gasteiger partial charge in [-0.3, -0.25) is 0 Å². The van der Waals surface area contributed by atoms with Crippen LogP contribution in [0.15, 0.2) is 60.7 Å². The van der Waals surface area contributed by atoms with Gasteiger partial charge in [-0.15, -0.1) is 0 Å². The van der Waals surface area contributed by atoms with Crippen LogP contribution in [0.5, 0.6) is 0 Å². The second-order valence-corrected chi connectivity index (χ2v) is 7.71. The number of aliphatic hydroxyl groups excluding tert-OH is 1. The predicted octanol–water partition coefficient (Wildman–Crippen LogP) is 5.88. The Hall–Kier alpha value is -2.20. The van der Waals surface area contributed by atoms with Crippen LogP contribution in [-0.2, 0) is 6.54 Å². The lowest BCUT2D eigenvalue weighted by molar-refractivity contribution is 0.169. The number of nitrogens with one attached hydrogen (secondary N) is 1. The van der Waals surface area contributed by atoms with Gasteiger partial charge in [-0.25, -0.2) is 0 Å². The van der Waals surface area contributed by atoms with Gasteiger partial charge in [0.05, 0.1) is 23.7 Å². The van der Waals surface area contributed by atoms with Gasteiger partial charge in [0.15, 0.2) is 0 Å². The summed E-state index contributed by atoms with van der Waals surface area (Å²) in [7, 11) is 0. The smallest absolute Gasteiger partial charge is 0.0891 e. The molecule has 0 amide bonds. The Balaban J connectivity index is 1.65. The molecule has 4 aromatic rings. The first-order valence-electron chi connectivity index (χ1n) is 8.87. The fourth-order valence-corrected chi connectivity index (χ4v) is 3.84. The molecule has 1 atom stereocenters. The molecule has 0 bridgehead atoms. The molecule has 3 nitrogen and oxygen atoms in total. The SMILES string of the molecule is Cc1cccc(NCC(O)Cn2c3cc(Cl)ccc3c3ccc(Cl)cc32)c1.